The minimum absolute atomic E-state index is 0.106. The van der Waals surface area contributed by atoms with E-state index < -0.39 is 11.5 Å². The van der Waals surface area contributed by atoms with Crippen LogP contribution in [0.15, 0.2) is 30.3 Å². The van der Waals surface area contributed by atoms with Crippen molar-refractivity contribution in [2.75, 3.05) is 26.2 Å². The van der Waals surface area contributed by atoms with Gasteiger partial charge in [-0.3, -0.25) is 14.5 Å². The Morgan fingerprint density at radius 2 is 1.92 bits per heavy atom. The largest absolute Gasteiger partial charge is 0.480 e. The number of piperazine rings is 1. The van der Waals surface area contributed by atoms with E-state index in [1.54, 1.807) is 43.0 Å². The van der Waals surface area contributed by atoms with Gasteiger partial charge >= 0.3 is 5.97 Å². The fourth-order valence-corrected chi connectivity index (χ4v) is 2.61. The summed E-state index contributed by atoms with van der Waals surface area (Å²) < 4.78 is 0. The number of carbonyl (C=O) groups is 2. The van der Waals surface area contributed by atoms with Gasteiger partial charge in [0.15, 0.2) is 0 Å². The van der Waals surface area contributed by atoms with Crippen molar-refractivity contribution in [1.29, 1.82) is 5.26 Å². The van der Waals surface area contributed by atoms with Gasteiger partial charge in [-0.15, -0.1) is 0 Å². The van der Waals surface area contributed by atoms with Crippen LogP contribution in [0.2, 0.25) is 0 Å². The third kappa shape index (κ3) is 4.00. The van der Waals surface area contributed by atoms with Crippen LogP contribution in [-0.2, 0) is 9.59 Å². The minimum Gasteiger partial charge on any atom is -0.480 e. The average molecular weight is 327 g/mol. The zero-order chi connectivity index (χ0) is 17.7. The van der Waals surface area contributed by atoms with Crippen LogP contribution in [-0.4, -0.2) is 58.5 Å². The molecule has 1 aliphatic heterocycles. The quantitative estimate of drug-likeness (QED) is 0.849. The second-order valence-electron chi connectivity index (χ2n) is 6.25. The number of carbonyl (C=O) groups excluding carboxylic acids is 1. The maximum absolute atomic E-state index is 12.3. The van der Waals surface area contributed by atoms with Gasteiger partial charge in [-0.2, -0.15) is 5.26 Å². The van der Waals surface area contributed by atoms with Gasteiger partial charge in [0.05, 0.1) is 11.6 Å². The van der Waals surface area contributed by atoms with Crippen molar-refractivity contribution in [1.82, 2.24) is 9.80 Å². The van der Waals surface area contributed by atoms with Gasteiger partial charge in [-0.25, -0.2) is 0 Å². The van der Waals surface area contributed by atoms with E-state index in [0.29, 0.717) is 31.7 Å². The van der Waals surface area contributed by atoms with Crippen molar-refractivity contribution < 1.29 is 14.7 Å². The third-order valence-corrected chi connectivity index (χ3v) is 4.34. The summed E-state index contributed by atoms with van der Waals surface area (Å²) in [5.41, 5.74) is 0.421. The maximum Gasteiger partial charge on any atom is 0.323 e. The molecule has 1 fully saturated rings. The van der Waals surface area contributed by atoms with Gasteiger partial charge < -0.3 is 10.0 Å². The predicted octanol–water partition coefficient (Wildman–Crippen LogP) is 1.58. The first-order chi connectivity index (χ1) is 11.3. The van der Waals surface area contributed by atoms with Crippen molar-refractivity contribution in [3.63, 3.8) is 0 Å². The lowest BCUT2D eigenvalue weighted by Crippen LogP contribution is -2.58. The zero-order valence-electron chi connectivity index (χ0n) is 13.9. The molecule has 0 atom stereocenters. The Kier molecular flexibility index (Phi) is 5.37. The van der Waals surface area contributed by atoms with E-state index in [-0.39, 0.29) is 5.91 Å². The Morgan fingerprint density at radius 1 is 1.25 bits per heavy atom. The molecular weight excluding hydrogens is 306 g/mol. The molecule has 1 heterocycles. The zero-order valence-corrected chi connectivity index (χ0v) is 13.9. The number of benzene rings is 1. The molecular formula is C18H21N3O3. The van der Waals surface area contributed by atoms with Crippen LogP contribution < -0.4 is 0 Å². The molecule has 2 rings (SSSR count). The first kappa shape index (κ1) is 17.7. The summed E-state index contributed by atoms with van der Waals surface area (Å²) in [5, 5.41) is 18.1. The van der Waals surface area contributed by atoms with Crippen molar-refractivity contribution in [3.8, 4) is 6.07 Å². The van der Waals surface area contributed by atoms with Crippen LogP contribution in [0.1, 0.15) is 25.0 Å². The highest BCUT2D eigenvalue weighted by atomic mass is 16.4. The molecule has 24 heavy (non-hydrogen) atoms. The fraction of sp³-hybridized carbons (Fsp3) is 0.389. The Hall–Kier alpha value is -2.65. The number of carboxylic acid groups (broad SMARTS) is 1. The van der Waals surface area contributed by atoms with Gasteiger partial charge in [0.25, 0.3) is 0 Å². The Balaban J connectivity index is 1.94. The first-order valence-electron chi connectivity index (χ1n) is 7.80. The van der Waals surface area contributed by atoms with Crippen LogP contribution >= 0.6 is 0 Å². The molecule has 0 bridgehead atoms. The van der Waals surface area contributed by atoms with E-state index in [0.717, 1.165) is 5.56 Å². The first-order valence-corrected chi connectivity index (χ1v) is 7.80. The van der Waals surface area contributed by atoms with E-state index in [4.69, 9.17) is 5.26 Å². The average Bonchev–Trinajstić information content (AvgIpc) is 2.59. The van der Waals surface area contributed by atoms with Crippen LogP contribution in [0.25, 0.3) is 6.08 Å². The molecule has 1 saturated heterocycles. The molecule has 1 N–H and O–H groups in total. The Morgan fingerprint density at radius 3 is 2.50 bits per heavy atom. The van der Waals surface area contributed by atoms with Crippen molar-refractivity contribution in [3.05, 3.63) is 41.5 Å². The summed E-state index contributed by atoms with van der Waals surface area (Å²) in [7, 11) is 0. The second-order valence-corrected chi connectivity index (χ2v) is 6.25. The molecule has 0 aliphatic carbocycles. The second kappa shape index (κ2) is 7.28. The SMILES string of the molecule is CC(C)(C(=O)O)N1CCN(C(=O)/C=C/c2cccc(C#N)c2)CC1. The molecule has 1 aromatic carbocycles. The molecule has 0 saturated carbocycles. The lowest BCUT2D eigenvalue weighted by molar-refractivity contribution is -0.151. The topological polar surface area (TPSA) is 84.6 Å². The highest BCUT2D eigenvalue weighted by Gasteiger charge is 2.36. The molecule has 0 aromatic heterocycles. The summed E-state index contributed by atoms with van der Waals surface area (Å²) in [4.78, 5) is 27.1. The number of carboxylic acids is 1. The van der Waals surface area contributed by atoms with Crippen molar-refractivity contribution in [2.45, 2.75) is 19.4 Å². The van der Waals surface area contributed by atoms with E-state index >= 15 is 0 Å². The molecule has 0 spiro atoms. The molecule has 1 aromatic rings. The van der Waals surface area contributed by atoms with E-state index in [9.17, 15) is 14.7 Å². The number of hydrogen-bond acceptors (Lipinski definition) is 4. The van der Waals surface area contributed by atoms with E-state index in [1.807, 2.05) is 11.0 Å². The molecule has 1 amide bonds. The highest BCUT2D eigenvalue weighted by molar-refractivity contribution is 5.92. The van der Waals surface area contributed by atoms with Crippen LogP contribution in [0.5, 0.6) is 0 Å². The third-order valence-electron chi connectivity index (χ3n) is 4.34. The van der Waals surface area contributed by atoms with Gasteiger partial charge in [-0.05, 0) is 37.6 Å². The number of hydrogen-bond donors (Lipinski definition) is 1. The Labute approximate surface area is 141 Å². The summed E-state index contributed by atoms with van der Waals surface area (Å²) in [6.07, 6.45) is 3.19. The minimum atomic E-state index is -0.928. The van der Waals surface area contributed by atoms with E-state index in [1.165, 1.54) is 6.08 Å². The van der Waals surface area contributed by atoms with Crippen LogP contribution in [0, 0.1) is 11.3 Å². The molecule has 0 unspecified atom stereocenters. The molecule has 1 aliphatic rings. The highest BCUT2D eigenvalue weighted by Crippen LogP contribution is 2.17. The van der Waals surface area contributed by atoms with Crippen molar-refractivity contribution in [2.24, 2.45) is 0 Å². The van der Waals surface area contributed by atoms with Gasteiger partial charge in [0, 0.05) is 32.3 Å². The van der Waals surface area contributed by atoms with Gasteiger partial charge in [0.1, 0.15) is 5.54 Å². The predicted molar refractivity (Wildman–Crippen MR) is 90.1 cm³/mol. The summed E-state index contributed by atoms with van der Waals surface area (Å²) in [6.45, 7) is 5.41. The van der Waals surface area contributed by atoms with Gasteiger partial charge in [0.2, 0.25) is 5.91 Å². The molecule has 0 radical (unpaired) electrons. The number of amides is 1. The fourth-order valence-electron chi connectivity index (χ4n) is 2.61. The number of nitrogens with zero attached hydrogens (tertiary/aromatic N) is 3. The lowest BCUT2D eigenvalue weighted by atomic mass is 10.0. The molecule has 6 nitrogen and oxygen atoms in total. The van der Waals surface area contributed by atoms with Crippen LogP contribution in [0.4, 0.5) is 0 Å². The molecule has 6 heteroatoms. The smallest absolute Gasteiger partial charge is 0.323 e. The number of aliphatic carboxylic acids is 1. The number of nitriles is 1. The summed E-state index contributed by atoms with van der Waals surface area (Å²) in [6, 6.07) is 9.10. The maximum atomic E-state index is 12.3. The monoisotopic (exact) mass is 327 g/mol. The Bertz CT molecular complexity index is 696. The lowest BCUT2D eigenvalue weighted by Gasteiger charge is -2.41. The number of rotatable bonds is 4. The van der Waals surface area contributed by atoms with Crippen LogP contribution in [0.3, 0.4) is 0 Å². The standard InChI is InChI=1S/C18H21N3O3/c1-18(2,17(23)24)21-10-8-20(9-11-21)16(22)7-6-14-4-3-5-15(12-14)13-19/h3-7,12H,8-11H2,1-2H3,(H,23,24)/b7-6+. The summed E-state index contributed by atoms with van der Waals surface area (Å²) in [5.74, 6) is -0.968. The summed E-state index contributed by atoms with van der Waals surface area (Å²) >= 11 is 0. The normalized spacial score (nSPS) is 16.1. The van der Waals surface area contributed by atoms with Gasteiger partial charge in [-0.1, -0.05) is 12.1 Å². The van der Waals surface area contributed by atoms with Crippen molar-refractivity contribution >= 4 is 18.0 Å². The van der Waals surface area contributed by atoms with E-state index in [2.05, 4.69) is 6.07 Å². The molecule has 126 valence electrons.